The number of thiophene rings is 1. The third-order valence-electron chi connectivity index (χ3n) is 2.80. The van der Waals surface area contributed by atoms with Crippen LogP contribution in [0.15, 0.2) is 0 Å². The lowest BCUT2D eigenvalue weighted by molar-refractivity contribution is -0.113. The smallest absolute Gasteiger partial charge is 0.341 e. The lowest BCUT2D eigenvalue weighted by Crippen LogP contribution is -2.15. The molecule has 4 nitrogen and oxygen atoms in total. The van der Waals surface area contributed by atoms with Gasteiger partial charge in [-0.1, -0.05) is 0 Å². The first-order valence-corrected chi connectivity index (χ1v) is 7.34. The van der Waals surface area contributed by atoms with Crippen LogP contribution in [0.4, 0.5) is 5.00 Å². The molecule has 0 saturated carbocycles. The summed E-state index contributed by atoms with van der Waals surface area (Å²) in [5.74, 6) is -0.444. The SMILES string of the molecule is CCOC(=O)c1c(NC(=O)CS)sc2c1CCC2. The summed E-state index contributed by atoms with van der Waals surface area (Å²) in [7, 11) is 0. The van der Waals surface area contributed by atoms with E-state index in [9.17, 15) is 9.59 Å². The first kappa shape index (κ1) is 13.4. The minimum atomic E-state index is -0.341. The fourth-order valence-corrected chi connectivity index (χ4v) is 3.45. The van der Waals surface area contributed by atoms with Crippen LogP contribution in [0.2, 0.25) is 0 Å². The number of carbonyl (C=O) groups excluding carboxylic acids is 2. The van der Waals surface area contributed by atoms with Gasteiger partial charge in [-0.15, -0.1) is 11.3 Å². The lowest BCUT2D eigenvalue weighted by atomic mass is 10.1. The third-order valence-corrected chi connectivity index (χ3v) is 4.29. The van der Waals surface area contributed by atoms with Gasteiger partial charge in [-0.05, 0) is 31.7 Å². The van der Waals surface area contributed by atoms with Crippen molar-refractivity contribution in [3.05, 3.63) is 16.0 Å². The zero-order chi connectivity index (χ0) is 13.1. The minimum Gasteiger partial charge on any atom is -0.462 e. The summed E-state index contributed by atoms with van der Waals surface area (Å²) in [6.07, 6.45) is 2.92. The van der Waals surface area contributed by atoms with Crippen molar-refractivity contribution in [3.63, 3.8) is 0 Å². The molecule has 1 aromatic rings. The van der Waals surface area contributed by atoms with Gasteiger partial charge < -0.3 is 10.1 Å². The van der Waals surface area contributed by atoms with Crippen molar-refractivity contribution in [2.75, 3.05) is 17.7 Å². The monoisotopic (exact) mass is 285 g/mol. The summed E-state index contributed by atoms with van der Waals surface area (Å²) in [5, 5.41) is 3.34. The maximum absolute atomic E-state index is 12.0. The summed E-state index contributed by atoms with van der Waals surface area (Å²) in [4.78, 5) is 24.6. The lowest BCUT2D eigenvalue weighted by Gasteiger charge is -2.06. The van der Waals surface area contributed by atoms with E-state index in [1.165, 1.54) is 16.2 Å². The van der Waals surface area contributed by atoms with Crippen molar-refractivity contribution < 1.29 is 14.3 Å². The molecule has 1 amide bonds. The van der Waals surface area contributed by atoms with Gasteiger partial charge in [0.1, 0.15) is 5.00 Å². The normalized spacial score (nSPS) is 13.2. The number of esters is 1. The fourth-order valence-electron chi connectivity index (χ4n) is 2.08. The highest BCUT2D eigenvalue weighted by Crippen LogP contribution is 2.39. The molecule has 0 aliphatic heterocycles. The molecule has 18 heavy (non-hydrogen) atoms. The van der Waals surface area contributed by atoms with E-state index in [-0.39, 0.29) is 17.6 Å². The Morgan fingerprint density at radius 2 is 2.22 bits per heavy atom. The highest BCUT2D eigenvalue weighted by Gasteiger charge is 2.27. The van der Waals surface area contributed by atoms with Gasteiger partial charge in [0.2, 0.25) is 5.91 Å². The van der Waals surface area contributed by atoms with Crippen molar-refractivity contribution in [1.82, 2.24) is 0 Å². The van der Waals surface area contributed by atoms with Crippen molar-refractivity contribution in [1.29, 1.82) is 0 Å². The Bertz CT molecular complexity index is 482. The number of anilines is 1. The van der Waals surface area contributed by atoms with E-state index in [1.807, 2.05) is 0 Å². The predicted octanol–water partition coefficient (Wildman–Crippen LogP) is 2.28. The van der Waals surface area contributed by atoms with E-state index < -0.39 is 0 Å². The number of fused-ring (bicyclic) bond motifs is 1. The summed E-state index contributed by atoms with van der Waals surface area (Å²) in [5.41, 5.74) is 1.59. The van der Waals surface area contributed by atoms with Gasteiger partial charge in [-0.25, -0.2) is 4.79 Å². The third kappa shape index (κ3) is 2.54. The molecule has 0 spiro atoms. The topological polar surface area (TPSA) is 55.4 Å². The Labute approximate surface area is 115 Å². The van der Waals surface area contributed by atoms with Crippen molar-refractivity contribution in [2.24, 2.45) is 0 Å². The molecule has 6 heteroatoms. The molecule has 0 atom stereocenters. The summed E-state index contributed by atoms with van der Waals surface area (Å²) in [6.45, 7) is 2.11. The van der Waals surface area contributed by atoms with Crippen molar-refractivity contribution in [3.8, 4) is 0 Å². The van der Waals surface area contributed by atoms with Gasteiger partial charge in [0.25, 0.3) is 0 Å². The summed E-state index contributed by atoms with van der Waals surface area (Å²) in [6, 6.07) is 0. The number of rotatable bonds is 4. The number of hydrogen-bond donors (Lipinski definition) is 2. The van der Waals surface area contributed by atoms with Crippen LogP contribution in [0.5, 0.6) is 0 Å². The van der Waals surface area contributed by atoms with Gasteiger partial charge in [0, 0.05) is 4.88 Å². The molecule has 1 aliphatic carbocycles. The molecule has 0 unspecified atom stereocenters. The van der Waals surface area contributed by atoms with Crippen LogP contribution in [0.3, 0.4) is 0 Å². The maximum Gasteiger partial charge on any atom is 0.341 e. The highest BCUT2D eigenvalue weighted by molar-refractivity contribution is 7.81. The molecule has 1 aliphatic rings. The number of amides is 1. The van der Waals surface area contributed by atoms with Crippen LogP contribution in [-0.2, 0) is 22.4 Å². The number of hydrogen-bond acceptors (Lipinski definition) is 5. The largest absolute Gasteiger partial charge is 0.462 e. The van der Waals surface area contributed by atoms with E-state index in [2.05, 4.69) is 17.9 Å². The van der Waals surface area contributed by atoms with Gasteiger partial charge in [0.15, 0.2) is 0 Å². The Morgan fingerprint density at radius 1 is 1.44 bits per heavy atom. The van der Waals surface area contributed by atoms with Crippen molar-refractivity contribution in [2.45, 2.75) is 26.2 Å². The van der Waals surface area contributed by atoms with E-state index in [0.717, 1.165) is 24.8 Å². The molecule has 98 valence electrons. The van der Waals surface area contributed by atoms with Gasteiger partial charge >= 0.3 is 5.97 Å². The van der Waals surface area contributed by atoms with Crippen LogP contribution in [0.25, 0.3) is 0 Å². The van der Waals surface area contributed by atoms with Crippen LogP contribution < -0.4 is 5.32 Å². The summed E-state index contributed by atoms with van der Waals surface area (Å²) < 4.78 is 5.06. The standard InChI is InChI=1S/C12H15NO3S2/c1-2-16-12(15)10-7-4-3-5-8(7)18-11(10)13-9(14)6-17/h17H,2-6H2,1H3,(H,13,14). The average Bonchev–Trinajstić information content (AvgIpc) is 2.88. The first-order chi connectivity index (χ1) is 8.67. The average molecular weight is 285 g/mol. The number of thiol groups is 1. The number of aryl methyl sites for hydroxylation is 1. The van der Waals surface area contributed by atoms with E-state index >= 15 is 0 Å². The van der Waals surface area contributed by atoms with E-state index in [0.29, 0.717) is 17.2 Å². The predicted molar refractivity (Wildman–Crippen MR) is 74.8 cm³/mol. The fraction of sp³-hybridized carbons (Fsp3) is 0.500. The minimum absolute atomic E-state index is 0.102. The van der Waals surface area contributed by atoms with Crippen LogP contribution in [0.1, 0.15) is 34.1 Å². The molecular weight excluding hydrogens is 270 g/mol. The molecule has 2 rings (SSSR count). The van der Waals surface area contributed by atoms with Crippen LogP contribution in [-0.4, -0.2) is 24.2 Å². The first-order valence-electron chi connectivity index (χ1n) is 5.89. The van der Waals surface area contributed by atoms with E-state index in [1.54, 1.807) is 6.92 Å². The quantitative estimate of drug-likeness (QED) is 0.659. The number of nitrogens with one attached hydrogen (secondary N) is 1. The number of carbonyl (C=O) groups is 2. The second kappa shape index (κ2) is 5.75. The molecule has 0 aromatic carbocycles. The molecule has 0 radical (unpaired) electrons. The Hall–Kier alpha value is -1.01. The van der Waals surface area contributed by atoms with Crippen LogP contribution in [0, 0.1) is 0 Å². The van der Waals surface area contributed by atoms with E-state index in [4.69, 9.17) is 4.74 Å². The molecule has 1 aromatic heterocycles. The molecule has 0 fully saturated rings. The van der Waals surface area contributed by atoms with Gasteiger partial charge in [0.05, 0.1) is 17.9 Å². The summed E-state index contributed by atoms with van der Waals surface area (Å²) >= 11 is 5.40. The second-order valence-corrected chi connectivity index (χ2v) is 5.41. The molecule has 1 N–H and O–H groups in total. The highest BCUT2D eigenvalue weighted by atomic mass is 32.1. The van der Waals surface area contributed by atoms with Gasteiger partial charge in [-0.2, -0.15) is 12.6 Å². The second-order valence-electron chi connectivity index (χ2n) is 3.99. The number of ether oxygens (including phenoxy) is 1. The van der Waals surface area contributed by atoms with Crippen LogP contribution >= 0.6 is 24.0 Å². The zero-order valence-electron chi connectivity index (χ0n) is 10.1. The molecular formula is C12H15NO3S2. The molecule has 0 saturated heterocycles. The van der Waals surface area contributed by atoms with Crippen molar-refractivity contribution >= 4 is 40.8 Å². The maximum atomic E-state index is 12.0. The Balaban J connectivity index is 2.34. The molecule has 1 heterocycles. The van der Waals surface area contributed by atoms with Gasteiger partial charge in [-0.3, -0.25) is 4.79 Å². The zero-order valence-corrected chi connectivity index (χ0v) is 11.8. The Morgan fingerprint density at radius 3 is 2.89 bits per heavy atom. The Kier molecular flexibility index (Phi) is 4.29. The molecule has 0 bridgehead atoms.